The normalized spacial score (nSPS) is 19.0. The van der Waals surface area contributed by atoms with Gasteiger partial charge in [0.15, 0.2) is 10.4 Å². The summed E-state index contributed by atoms with van der Waals surface area (Å²) in [5.74, 6) is 1.19. The van der Waals surface area contributed by atoms with Gasteiger partial charge in [0.1, 0.15) is 11.2 Å². The number of allylic oxidation sites excluding steroid dienone is 4. The fraction of sp³-hybridized carbons (Fsp3) is 0.261. The van der Waals surface area contributed by atoms with Crippen LogP contribution in [0.15, 0.2) is 36.6 Å². The smallest absolute Gasteiger partial charge is 0.175 e. The summed E-state index contributed by atoms with van der Waals surface area (Å²) in [6.45, 7) is 5.84. The highest BCUT2D eigenvalue weighted by molar-refractivity contribution is 7.71. The van der Waals surface area contributed by atoms with Crippen LogP contribution in [0.1, 0.15) is 37.4 Å². The maximum absolute atomic E-state index is 9.41. The van der Waals surface area contributed by atoms with Crippen LogP contribution < -0.4 is 16.0 Å². The zero-order chi connectivity index (χ0) is 21.5. The Balaban J connectivity index is 1.71. The first kappa shape index (κ1) is 19.3. The summed E-state index contributed by atoms with van der Waals surface area (Å²) >= 11 is 5.21. The van der Waals surface area contributed by atoms with Crippen LogP contribution in [0.4, 0.5) is 5.82 Å². The predicted molar refractivity (Wildman–Crippen MR) is 123 cm³/mol. The summed E-state index contributed by atoms with van der Waals surface area (Å²) < 4.78 is 2.34. The first-order valence-corrected chi connectivity index (χ1v) is 10.6. The molecule has 0 spiro atoms. The second-order valence-corrected chi connectivity index (χ2v) is 8.46. The van der Waals surface area contributed by atoms with Gasteiger partial charge in [-0.2, -0.15) is 14.9 Å². The molecule has 8 heteroatoms. The van der Waals surface area contributed by atoms with Gasteiger partial charge in [-0.3, -0.25) is 0 Å². The third-order valence-electron chi connectivity index (χ3n) is 5.45. The SMILES string of the molecule is C=C=c1[nH]c(=S)[nH]/c1=C\c1cnn2c(NC3CC3)cc(C3=CC(C#N)=CC(C)C3)nc12. The molecule has 1 saturated carbocycles. The van der Waals surface area contributed by atoms with Crippen molar-refractivity contribution in [1.29, 1.82) is 5.26 Å². The van der Waals surface area contributed by atoms with Crippen molar-refractivity contribution in [2.45, 2.75) is 32.2 Å². The molecular formula is C23H21N7S. The number of fused-ring (bicyclic) bond motifs is 1. The van der Waals surface area contributed by atoms with E-state index in [4.69, 9.17) is 17.2 Å². The molecule has 154 valence electrons. The van der Waals surface area contributed by atoms with E-state index >= 15 is 0 Å². The van der Waals surface area contributed by atoms with Crippen LogP contribution in [0.3, 0.4) is 0 Å². The zero-order valence-corrected chi connectivity index (χ0v) is 17.9. The molecule has 3 aromatic rings. The van der Waals surface area contributed by atoms with Gasteiger partial charge >= 0.3 is 0 Å². The molecule has 3 aromatic heterocycles. The van der Waals surface area contributed by atoms with E-state index < -0.39 is 0 Å². The van der Waals surface area contributed by atoms with Crippen LogP contribution in [-0.2, 0) is 0 Å². The number of nitrogens with one attached hydrogen (secondary N) is 3. The molecule has 0 aliphatic heterocycles. The fourth-order valence-corrected chi connectivity index (χ4v) is 4.05. The Morgan fingerprint density at radius 1 is 1.39 bits per heavy atom. The monoisotopic (exact) mass is 427 g/mol. The lowest BCUT2D eigenvalue weighted by Crippen LogP contribution is -2.23. The highest BCUT2D eigenvalue weighted by Gasteiger charge is 2.24. The first-order chi connectivity index (χ1) is 15.0. The number of rotatable bonds is 4. The van der Waals surface area contributed by atoms with Crippen LogP contribution in [0.25, 0.3) is 23.0 Å². The molecule has 0 saturated heterocycles. The minimum Gasteiger partial charge on any atom is -0.367 e. The molecule has 3 N–H and O–H groups in total. The van der Waals surface area contributed by atoms with E-state index in [0.29, 0.717) is 21.7 Å². The summed E-state index contributed by atoms with van der Waals surface area (Å²) in [5, 5.41) is 19.0. The van der Waals surface area contributed by atoms with E-state index in [1.165, 1.54) is 0 Å². The second-order valence-electron chi connectivity index (χ2n) is 8.05. The van der Waals surface area contributed by atoms with Gasteiger partial charge in [-0.25, -0.2) is 4.98 Å². The van der Waals surface area contributed by atoms with Gasteiger partial charge in [-0.1, -0.05) is 19.6 Å². The van der Waals surface area contributed by atoms with Crippen molar-refractivity contribution in [2.75, 3.05) is 5.32 Å². The van der Waals surface area contributed by atoms with Crippen molar-refractivity contribution in [1.82, 2.24) is 24.6 Å². The number of hydrogen-bond acceptors (Lipinski definition) is 5. The van der Waals surface area contributed by atoms with Crippen molar-refractivity contribution < 1.29 is 0 Å². The third kappa shape index (κ3) is 3.77. The van der Waals surface area contributed by atoms with Gasteiger partial charge in [0.05, 0.1) is 23.3 Å². The maximum atomic E-state index is 9.41. The Morgan fingerprint density at radius 3 is 2.97 bits per heavy atom. The molecule has 31 heavy (non-hydrogen) atoms. The van der Waals surface area contributed by atoms with Gasteiger partial charge in [0, 0.05) is 23.2 Å². The van der Waals surface area contributed by atoms with Crippen molar-refractivity contribution >= 4 is 41.1 Å². The van der Waals surface area contributed by atoms with Gasteiger partial charge in [-0.05, 0) is 55.1 Å². The average Bonchev–Trinajstić information content (AvgIpc) is 3.37. The number of nitriles is 1. The Hall–Kier alpha value is -3.66. The fourth-order valence-electron chi connectivity index (χ4n) is 3.84. The molecule has 2 aliphatic carbocycles. The minimum absolute atomic E-state index is 0.286. The van der Waals surface area contributed by atoms with E-state index in [1.54, 1.807) is 6.20 Å². The molecule has 1 unspecified atom stereocenters. The molecule has 7 nitrogen and oxygen atoms in total. The van der Waals surface area contributed by atoms with Crippen LogP contribution in [0.5, 0.6) is 0 Å². The Labute approximate surface area is 183 Å². The number of anilines is 1. The molecule has 5 rings (SSSR count). The topological polar surface area (TPSA) is 97.6 Å². The largest absolute Gasteiger partial charge is 0.367 e. The number of hydrogen-bond donors (Lipinski definition) is 3. The molecule has 0 bridgehead atoms. The molecular weight excluding hydrogens is 406 g/mol. The highest BCUT2D eigenvalue weighted by Crippen LogP contribution is 2.32. The standard InChI is InChI=1S/C23H21N7S/c1-3-18-20(29-23(31)28-18)9-16-12-25-30-21(26-17-4-5-17)10-19(27-22(16)30)15-7-13(2)6-14(8-15)11-24/h6,8-10,12-13,17,26H,1,4-5,7H2,2H3,(H2,28,29,31)/b20-9-. The van der Waals surface area contributed by atoms with Crippen LogP contribution in [0.2, 0.25) is 0 Å². The quantitative estimate of drug-likeness (QED) is 0.556. The van der Waals surface area contributed by atoms with Crippen molar-refractivity contribution in [3.05, 3.63) is 63.3 Å². The summed E-state index contributed by atoms with van der Waals surface area (Å²) in [5.41, 5.74) is 7.04. The summed E-state index contributed by atoms with van der Waals surface area (Å²) in [7, 11) is 0. The Bertz CT molecular complexity index is 1500. The minimum atomic E-state index is 0.286. The van der Waals surface area contributed by atoms with Crippen LogP contribution >= 0.6 is 12.2 Å². The van der Waals surface area contributed by atoms with E-state index in [-0.39, 0.29) is 5.92 Å². The lowest BCUT2D eigenvalue weighted by Gasteiger charge is -2.17. The maximum Gasteiger partial charge on any atom is 0.175 e. The lowest BCUT2D eigenvalue weighted by atomic mass is 9.90. The molecule has 2 aliphatic rings. The lowest BCUT2D eigenvalue weighted by molar-refractivity contribution is 0.742. The average molecular weight is 428 g/mol. The van der Waals surface area contributed by atoms with Crippen LogP contribution in [0, 0.1) is 22.0 Å². The molecule has 1 atom stereocenters. The van der Waals surface area contributed by atoms with E-state index in [1.807, 2.05) is 28.8 Å². The van der Waals surface area contributed by atoms with Gasteiger partial charge in [0.2, 0.25) is 0 Å². The molecule has 0 radical (unpaired) electrons. The number of imidazole rings is 1. The number of aromatic amines is 2. The van der Waals surface area contributed by atoms with E-state index in [2.05, 4.69) is 45.7 Å². The Morgan fingerprint density at radius 2 is 2.23 bits per heavy atom. The van der Waals surface area contributed by atoms with Crippen molar-refractivity contribution in [3.8, 4) is 6.07 Å². The summed E-state index contributed by atoms with van der Waals surface area (Å²) in [6.07, 6.45) is 10.8. The number of nitrogens with zero attached hydrogens (tertiary/aromatic N) is 4. The van der Waals surface area contributed by atoms with E-state index in [9.17, 15) is 5.26 Å². The summed E-state index contributed by atoms with van der Waals surface area (Å²) in [6, 6.07) is 4.77. The van der Waals surface area contributed by atoms with Crippen LogP contribution in [-0.4, -0.2) is 30.6 Å². The third-order valence-corrected chi connectivity index (χ3v) is 5.66. The zero-order valence-electron chi connectivity index (χ0n) is 17.1. The Kier molecular flexibility index (Phi) is 4.70. The molecule has 0 amide bonds. The number of H-pyrrole nitrogens is 2. The van der Waals surface area contributed by atoms with E-state index in [0.717, 1.165) is 52.9 Å². The van der Waals surface area contributed by atoms with Gasteiger partial charge in [0.25, 0.3) is 0 Å². The molecule has 1 fully saturated rings. The summed E-state index contributed by atoms with van der Waals surface area (Å²) in [4.78, 5) is 11.1. The highest BCUT2D eigenvalue weighted by atomic mass is 32.1. The molecule has 3 heterocycles. The second kappa shape index (κ2) is 7.55. The first-order valence-electron chi connectivity index (χ1n) is 10.2. The predicted octanol–water partition coefficient (Wildman–Crippen LogP) is 2.96. The van der Waals surface area contributed by atoms with Gasteiger partial charge < -0.3 is 15.3 Å². The number of aromatic nitrogens is 5. The van der Waals surface area contributed by atoms with Crippen molar-refractivity contribution in [2.24, 2.45) is 5.92 Å². The van der Waals surface area contributed by atoms with Crippen molar-refractivity contribution in [3.63, 3.8) is 0 Å². The molecule has 0 aromatic carbocycles. The van der Waals surface area contributed by atoms with Gasteiger partial charge in [-0.15, -0.1) is 5.73 Å².